The number of rotatable bonds is 7. The van der Waals surface area contributed by atoms with Crippen LogP contribution in [-0.2, 0) is 14.3 Å². The minimum absolute atomic E-state index is 0.270. The highest BCUT2D eigenvalue weighted by atomic mass is 16.5. The van der Waals surface area contributed by atoms with Gasteiger partial charge in [-0.3, -0.25) is 4.79 Å². The van der Waals surface area contributed by atoms with Crippen molar-refractivity contribution in [1.29, 1.82) is 5.26 Å². The van der Waals surface area contributed by atoms with Crippen LogP contribution in [0, 0.1) is 25.2 Å². The van der Waals surface area contributed by atoms with Crippen molar-refractivity contribution < 1.29 is 19.1 Å². The first-order valence-electron chi connectivity index (χ1n) is 10.3. The molecule has 1 heterocycles. The summed E-state index contributed by atoms with van der Waals surface area (Å²) in [6.07, 6.45) is 7.18. The van der Waals surface area contributed by atoms with Crippen molar-refractivity contribution in [3.63, 3.8) is 0 Å². The van der Waals surface area contributed by atoms with Crippen LogP contribution in [0.25, 0.3) is 6.08 Å². The first kappa shape index (κ1) is 22.2. The van der Waals surface area contributed by atoms with E-state index in [-0.39, 0.29) is 6.04 Å². The fraction of sp³-hybridized carbons (Fsp3) is 0.375. The fourth-order valence-electron chi connectivity index (χ4n) is 3.94. The Bertz CT molecular complexity index is 1020. The summed E-state index contributed by atoms with van der Waals surface area (Å²) in [5.74, 6) is 0.129. The van der Waals surface area contributed by atoms with Gasteiger partial charge in [0.15, 0.2) is 6.61 Å². The van der Waals surface area contributed by atoms with E-state index in [1.807, 2.05) is 13.8 Å². The number of ether oxygens (including phenoxy) is 2. The number of nitriles is 1. The summed E-state index contributed by atoms with van der Waals surface area (Å²) in [4.78, 5) is 24.5. The molecule has 0 spiro atoms. The van der Waals surface area contributed by atoms with Crippen LogP contribution in [0.5, 0.6) is 5.75 Å². The van der Waals surface area contributed by atoms with Crippen LogP contribution in [0.3, 0.4) is 0 Å². The van der Waals surface area contributed by atoms with Crippen LogP contribution in [0.1, 0.15) is 54.1 Å². The van der Waals surface area contributed by atoms with Gasteiger partial charge in [0, 0.05) is 17.8 Å². The predicted molar refractivity (Wildman–Crippen MR) is 118 cm³/mol. The number of methoxy groups -OCH3 is 1. The van der Waals surface area contributed by atoms with Crippen molar-refractivity contribution in [2.45, 2.75) is 45.6 Å². The zero-order valence-electron chi connectivity index (χ0n) is 18.1. The van der Waals surface area contributed by atoms with Gasteiger partial charge in [-0.25, -0.2) is 4.79 Å². The average Bonchev–Trinajstić information content (AvgIpc) is 3.38. The number of benzene rings is 1. The average molecular weight is 421 g/mol. The third kappa shape index (κ3) is 5.15. The van der Waals surface area contributed by atoms with Gasteiger partial charge in [-0.1, -0.05) is 25.0 Å². The maximum absolute atomic E-state index is 12.5. The van der Waals surface area contributed by atoms with E-state index in [9.17, 15) is 14.9 Å². The maximum atomic E-state index is 12.5. The normalized spacial score (nSPS) is 13.9. The van der Waals surface area contributed by atoms with Gasteiger partial charge < -0.3 is 19.4 Å². The van der Waals surface area contributed by atoms with Crippen molar-refractivity contribution in [3.05, 3.63) is 52.7 Å². The van der Waals surface area contributed by atoms with Gasteiger partial charge in [-0.05, 0) is 56.0 Å². The second kappa shape index (κ2) is 9.98. The van der Waals surface area contributed by atoms with Crippen molar-refractivity contribution >= 4 is 23.8 Å². The van der Waals surface area contributed by atoms with E-state index >= 15 is 0 Å². The Morgan fingerprint density at radius 2 is 1.90 bits per heavy atom. The molecule has 0 saturated heterocycles. The lowest BCUT2D eigenvalue weighted by atomic mass is 10.2. The van der Waals surface area contributed by atoms with Crippen LogP contribution in [0.15, 0.2) is 30.3 Å². The standard InChI is InChI=1S/C24H27N3O4/c1-16-17(2)27(19-6-4-5-7-19)24(21(16)14-25)26-22(28)15-31-23(29)13-10-18-8-11-20(30-3)12-9-18/h8-13,19H,4-7,15H2,1-3H3,(H,26,28)/b13-10+. The molecule has 1 aliphatic carbocycles. The number of carbonyl (C=O) groups excluding carboxylic acids is 2. The van der Waals surface area contributed by atoms with Gasteiger partial charge in [0.05, 0.1) is 12.7 Å². The van der Waals surface area contributed by atoms with Gasteiger partial charge in [0.2, 0.25) is 0 Å². The Labute approximate surface area is 182 Å². The SMILES string of the molecule is COc1ccc(/C=C/C(=O)OCC(=O)Nc2c(C#N)c(C)c(C)n2C2CCCC2)cc1. The molecule has 1 fully saturated rings. The van der Waals surface area contributed by atoms with Gasteiger partial charge >= 0.3 is 5.97 Å². The molecule has 0 aliphatic heterocycles. The summed E-state index contributed by atoms with van der Waals surface area (Å²) in [6.45, 7) is 3.43. The molecule has 1 N–H and O–H groups in total. The predicted octanol–water partition coefficient (Wildman–Crippen LogP) is 4.30. The lowest BCUT2D eigenvalue weighted by molar-refractivity contribution is -0.142. The number of nitrogens with zero attached hydrogens (tertiary/aromatic N) is 2. The molecule has 31 heavy (non-hydrogen) atoms. The quantitative estimate of drug-likeness (QED) is 0.532. The number of esters is 1. The zero-order valence-corrected chi connectivity index (χ0v) is 18.1. The molecule has 1 aliphatic rings. The highest BCUT2D eigenvalue weighted by molar-refractivity contribution is 5.95. The summed E-state index contributed by atoms with van der Waals surface area (Å²) in [7, 11) is 1.58. The van der Waals surface area contributed by atoms with Gasteiger partial charge in [0.25, 0.3) is 5.91 Å². The lowest BCUT2D eigenvalue weighted by Crippen LogP contribution is -2.23. The largest absolute Gasteiger partial charge is 0.497 e. The lowest BCUT2D eigenvalue weighted by Gasteiger charge is -2.19. The number of carbonyl (C=O) groups is 2. The first-order chi connectivity index (χ1) is 14.9. The number of hydrogen-bond donors (Lipinski definition) is 1. The first-order valence-corrected chi connectivity index (χ1v) is 10.3. The molecule has 1 saturated carbocycles. The number of nitrogens with one attached hydrogen (secondary N) is 1. The van der Waals surface area contributed by atoms with E-state index in [1.54, 1.807) is 37.5 Å². The second-order valence-electron chi connectivity index (χ2n) is 7.62. The van der Waals surface area contributed by atoms with E-state index in [0.29, 0.717) is 11.4 Å². The fourth-order valence-corrected chi connectivity index (χ4v) is 3.94. The van der Waals surface area contributed by atoms with Gasteiger partial charge in [0.1, 0.15) is 17.6 Å². The van der Waals surface area contributed by atoms with Crippen molar-refractivity contribution in [2.75, 3.05) is 19.0 Å². The van der Waals surface area contributed by atoms with E-state index in [4.69, 9.17) is 9.47 Å². The highest BCUT2D eigenvalue weighted by Crippen LogP contribution is 2.37. The summed E-state index contributed by atoms with van der Waals surface area (Å²) < 4.78 is 12.2. The number of hydrogen-bond acceptors (Lipinski definition) is 5. The van der Waals surface area contributed by atoms with E-state index in [2.05, 4.69) is 16.0 Å². The van der Waals surface area contributed by atoms with Crippen molar-refractivity contribution in [2.24, 2.45) is 0 Å². The Morgan fingerprint density at radius 3 is 2.52 bits per heavy atom. The summed E-state index contributed by atoms with van der Waals surface area (Å²) >= 11 is 0. The molecule has 0 bridgehead atoms. The van der Waals surface area contributed by atoms with Crippen molar-refractivity contribution in [1.82, 2.24) is 4.57 Å². The molecule has 7 heteroatoms. The third-order valence-electron chi connectivity index (χ3n) is 5.69. The Morgan fingerprint density at radius 1 is 1.23 bits per heavy atom. The van der Waals surface area contributed by atoms with Crippen LogP contribution in [0.2, 0.25) is 0 Å². The summed E-state index contributed by atoms with van der Waals surface area (Å²) in [5, 5.41) is 12.4. The van der Waals surface area contributed by atoms with E-state index < -0.39 is 18.5 Å². The van der Waals surface area contributed by atoms with Crippen LogP contribution < -0.4 is 10.1 Å². The molecule has 0 atom stereocenters. The van der Waals surface area contributed by atoms with Gasteiger partial charge in [-0.15, -0.1) is 0 Å². The number of anilines is 1. The van der Waals surface area contributed by atoms with Crippen LogP contribution in [-0.4, -0.2) is 30.2 Å². The molecule has 0 unspecified atom stereocenters. The summed E-state index contributed by atoms with van der Waals surface area (Å²) in [5.41, 5.74) is 3.12. The smallest absolute Gasteiger partial charge is 0.331 e. The third-order valence-corrected chi connectivity index (χ3v) is 5.69. The molecule has 7 nitrogen and oxygen atoms in total. The van der Waals surface area contributed by atoms with E-state index in [0.717, 1.165) is 48.3 Å². The topological polar surface area (TPSA) is 93.3 Å². The van der Waals surface area contributed by atoms with Crippen LogP contribution in [0.4, 0.5) is 5.82 Å². The Hall–Kier alpha value is -3.53. The number of aromatic nitrogens is 1. The Balaban J connectivity index is 1.63. The second-order valence-corrected chi connectivity index (χ2v) is 7.62. The molecule has 1 aromatic heterocycles. The van der Waals surface area contributed by atoms with Crippen LogP contribution >= 0.6 is 0 Å². The molecule has 0 radical (unpaired) electrons. The van der Waals surface area contributed by atoms with Crippen molar-refractivity contribution in [3.8, 4) is 11.8 Å². The summed E-state index contributed by atoms with van der Waals surface area (Å²) in [6, 6.07) is 9.66. The number of amides is 1. The Kier molecular flexibility index (Phi) is 7.14. The molecular formula is C24H27N3O4. The molecule has 1 amide bonds. The minimum Gasteiger partial charge on any atom is -0.497 e. The molecule has 2 aromatic rings. The molecule has 162 valence electrons. The highest BCUT2D eigenvalue weighted by Gasteiger charge is 2.26. The molecule has 1 aromatic carbocycles. The monoisotopic (exact) mass is 421 g/mol. The van der Waals surface area contributed by atoms with Gasteiger partial charge in [-0.2, -0.15) is 5.26 Å². The minimum atomic E-state index is -0.620. The zero-order chi connectivity index (χ0) is 22.4. The molecular weight excluding hydrogens is 394 g/mol. The maximum Gasteiger partial charge on any atom is 0.331 e. The molecule has 3 rings (SSSR count). The van der Waals surface area contributed by atoms with E-state index in [1.165, 1.54) is 6.08 Å².